The molecule has 1 fully saturated rings. The lowest BCUT2D eigenvalue weighted by Gasteiger charge is -2.26. The molecule has 0 radical (unpaired) electrons. The monoisotopic (exact) mass is 376 g/mol. The number of carbonyl (C=O) groups excluding carboxylic acids is 1. The highest BCUT2D eigenvalue weighted by molar-refractivity contribution is 6.32. The van der Waals surface area contributed by atoms with Gasteiger partial charge >= 0.3 is 0 Å². The number of likely N-dealkylation sites (tertiary alicyclic amines) is 1. The molecular formula is C20H25ClN2O3. The van der Waals surface area contributed by atoms with Crippen molar-refractivity contribution in [2.75, 3.05) is 19.6 Å². The van der Waals surface area contributed by atoms with Gasteiger partial charge in [0.25, 0.3) is 5.91 Å². The highest BCUT2D eigenvalue weighted by Gasteiger charge is 2.27. The minimum absolute atomic E-state index is 0.0441. The lowest BCUT2D eigenvalue weighted by Crippen LogP contribution is -2.41. The van der Waals surface area contributed by atoms with Gasteiger partial charge in [-0.2, -0.15) is 0 Å². The molecule has 1 aromatic carbocycles. The summed E-state index contributed by atoms with van der Waals surface area (Å²) in [6.45, 7) is 6.18. The number of halogens is 1. The number of hydrogen-bond acceptors (Lipinski definition) is 4. The first-order valence-electron chi connectivity index (χ1n) is 9.04. The predicted octanol–water partition coefficient (Wildman–Crippen LogP) is 3.96. The number of nitrogens with one attached hydrogen (secondary N) is 1. The van der Waals surface area contributed by atoms with E-state index in [1.807, 2.05) is 31.2 Å². The number of benzene rings is 1. The smallest absolute Gasteiger partial charge is 0.260 e. The molecule has 140 valence electrons. The first-order valence-corrected chi connectivity index (χ1v) is 9.41. The highest BCUT2D eigenvalue weighted by Crippen LogP contribution is 2.27. The van der Waals surface area contributed by atoms with Crippen molar-refractivity contribution in [3.05, 3.63) is 52.9 Å². The Balaban J connectivity index is 1.61. The number of ether oxygens (including phenoxy) is 1. The molecule has 5 nitrogen and oxygen atoms in total. The fourth-order valence-corrected chi connectivity index (χ4v) is 3.40. The van der Waals surface area contributed by atoms with Gasteiger partial charge in [0.15, 0.2) is 6.10 Å². The summed E-state index contributed by atoms with van der Waals surface area (Å²) in [6.07, 6.45) is 1.72. The maximum atomic E-state index is 12.5. The Labute approximate surface area is 159 Å². The number of amides is 1. The van der Waals surface area contributed by atoms with Crippen molar-refractivity contribution in [1.29, 1.82) is 0 Å². The summed E-state index contributed by atoms with van der Waals surface area (Å²) < 4.78 is 11.5. The van der Waals surface area contributed by atoms with Crippen molar-refractivity contribution in [2.45, 2.75) is 38.8 Å². The third kappa shape index (κ3) is 4.59. The average Bonchev–Trinajstić information content (AvgIpc) is 3.29. The molecule has 26 heavy (non-hydrogen) atoms. The maximum absolute atomic E-state index is 12.5. The molecule has 0 bridgehead atoms. The van der Waals surface area contributed by atoms with Crippen LogP contribution in [0.2, 0.25) is 5.02 Å². The second kappa shape index (κ2) is 8.60. The quantitative estimate of drug-likeness (QED) is 0.794. The number of carbonyl (C=O) groups is 1. The van der Waals surface area contributed by atoms with Gasteiger partial charge in [0.1, 0.15) is 17.3 Å². The Bertz CT molecular complexity index is 740. The van der Waals surface area contributed by atoms with Crippen molar-refractivity contribution in [3.63, 3.8) is 0 Å². The zero-order chi connectivity index (χ0) is 18.5. The van der Waals surface area contributed by atoms with Crippen molar-refractivity contribution in [2.24, 2.45) is 0 Å². The molecule has 0 unspecified atom stereocenters. The molecule has 3 rings (SSSR count). The number of aryl methyl sites for hydroxylation is 1. The molecular weight excluding hydrogens is 352 g/mol. The molecule has 1 aliphatic heterocycles. The van der Waals surface area contributed by atoms with E-state index in [0.29, 0.717) is 17.3 Å². The molecule has 2 heterocycles. The normalized spacial score (nSPS) is 17.0. The van der Waals surface area contributed by atoms with E-state index in [-0.39, 0.29) is 11.9 Å². The first-order chi connectivity index (χ1) is 12.5. The molecule has 1 aliphatic rings. The predicted molar refractivity (Wildman–Crippen MR) is 102 cm³/mol. The van der Waals surface area contributed by atoms with Crippen molar-refractivity contribution in [1.82, 2.24) is 10.2 Å². The van der Waals surface area contributed by atoms with Gasteiger partial charge in [0.05, 0.1) is 11.1 Å². The van der Waals surface area contributed by atoms with Crippen LogP contribution in [-0.2, 0) is 4.79 Å². The van der Waals surface area contributed by atoms with E-state index >= 15 is 0 Å². The van der Waals surface area contributed by atoms with Crippen LogP contribution in [0.25, 0.3) is 0 Å². The Kier molecular flexibility index (Phi) is 6.22. The minimum atomic E-state index is -0.632. The molecule has 0 saturated carbocycles. The van der Waals surface area contributed by atoms with Crippen molar-refractivity contribution in [3.8, 4) is 5.75 Å². The van der Waals surface area contributed by atoms with Crippen LogP contribution < -0.4 is 10.1 Å². The molecule has 0 aliphatic carbocycles. The van der Waals surface area contributed by atoms with Gasteiger partial charge in [-0.25, -0.2) is 0 Å². The van der Waals surface area contributed by atoms with Gasteiger partial charge in [0.2, 0.25) is 0 Å². The zero-order valence-corrected chi connectivity index (χ0v) is 16.0. The summed E-state index contributed by atoms with van der Waals surface area (Å²) in [6, 6.07) is 11.1. The number of nitrogens with zero attached hydrogens (tertiary/aromatic N) is 1. The van der Waals surface area contributed by atoms with Crippen LogP contribution in [0.5, 0.6) is 5.75 Å². The Morgan fingerprint density at radius 1 is 1.27 bits per heavy atom. The Morgan fingerprint density at radius 2 is 2.00 bits per heavy atom. The van der Waals surface area contributed by atoms with Gasteiger partial charge in [0, 0.05) is 6.54 Å². The van der Waals surface area contributed by atoms with Gasteiger partial charge in [-0.3, -0.25) is 9.69 Å². The molecule has 1 N–H and O–H groups in total. The second-order valence-electron chi connectivity index (χ2n) is 6.64. The Morgan fingerprint density at radius 3 is 2.65 bits per heavy atom. The molecule has 1 amide bonds. The summed E-state index contributed by atoms with van der Waals surface area (Å²) in [5.41, 5.74) is 0. The standard InChI is InChI=1S/C20H25ClN2O3/c1-14-9-10-19(25-14)17(23-11-5-6-12-23)13-22-20(24)15(2)26-18-8-4-3-7-16(18)21/h3-4,7-10,15,17H,5-6,11-13H2,1-2H3,(H,22,24)/t15-,17+/m0/s1. The van der Waals surface area contributed by atoms with Crippen molar-refractivity contribution >= 4 is 17.5 Å². The summed E-state index contributed by atoms with van der Waals surface area (Å²) in [7, 11) is 0. The number of rotatable bonds is 7. The van der Waals surface area contributed by atoms with E-state index in [1.165, 1.54) is 12.8 Å². The third-order valence-electron chi connectivity index (χ3n) is 4.65. The zero-order valence-electron chi connectivity index (χ0n) is 15.2. The maximum Gasteiger partial charge on any atom is 0.260 e. The van der Waals surface area contributed by atoms with Gasteiger partial charge in [-0.1, -0.05) is 23.7 Å². The third-order valence-corrected chi connectivity index (χ3v) is 4.96. The van der Waals surface area contributed by atoms with Gasteiger partial charge in [-0.15, -0.1) is 0 Å². The van der Waals surface area contributed by atoms with Gasteiger partial charge < -0.3 is 14.5 Å². The van der Waals surface area contributed by atoms with E-state index in [0.717, 1.165) is 24.6 Å². The van der Waals surface area contributed by atoms with E-state index in [1.54, 1.807) is 19.1 Å². The molecule has 1 aromatic heterocycles. The molecule has 2 aromatic rings. The minimum Gasteiger partial charge on any atom is -0.479 e. The van der Waals surface area contributed by atoms with Crippen LogP contribution in [0.1, 0.15) is 37.3 Å². The molecule has 2 atom stereocenters. The number of furan rings is 1. The fraction of sp³-hybridized carbons (Fsp3) is 0.450. The Hall–Kier alpha value is -1.98. The lowest BCUT2D eigenvalue weighted by atomic mass is 10.2. The van der Waals surface area contributed by atoms with Crippen LogP contribution in [-0.4, -0.2) is 36.5 Å². The van der Waals surface area contributed by atoms with Crippen LogP contribution in [0.3, 0.4) is 0 Å². The lowest BCUT2D eigenvalue weighted by molar-refractivity contribution is -0.127. The van der Waals surface area contributed by atoms with Crippen LogP contribution in [0.4, 0.5) is 0 Å². The van der Waals surface area contributed by atoms with E-state index < -0.39 is 6.10 Å². The largest absolute Gasteiger partial charge is 0.479 e. The summed E-state index contributed by atoms with van der Waals surface area (Å²) in [5, 5.41) is 3.49. The molecule has 1 saturated heterocycles. The SMILES string of the molecule is Cc1ccc([C@@H](CNC(=O)[C@H](C)Oc2ccccc2Cl)N2CCCC2)o1. The second-order valence-corrected chi connectivity index (χ2v) is 7.05. The summed E-state index contributed by atoms with van der Waals surface area (Å²) in [4.78, 5) is 14.8. The average molecular weight is 377 g/mol. The van der Waals surface area contributed by atoms with E-state index in [2.05, 4.69) is 10.2 Å². The molecule has 6 heteroatoms. The van der Waals surface area contributed by atoms with Crippen LogP contribution in [0, 0.1) is 6.92 Å². The summed E-state index contributed by atoms with van der Waals surface area (Å²) >= 11 is 6.09. The van der Waals surface area contributed by atoms with E-state index in [4.69, 9.17) is 20.8 Å². The topological polar surface area (TPSA) is 54.7 Å². The highest BCUT2D eigenvalue weighted by atomic mass is 35.5. The van der Waals surface area contributed by atoms with E-state index in [9.17, 15) is 4.79 Å². The van der Waals surface area contributed by atoms with Crippen molar-refractivity contribution < 1.29 is 13.9 Å². The number of hydrogen-bond donors (Lipinski definition) is 1. The number of para-hydroxylation sites is 1. The first kappa shape index (κ1) is 18.8. The van der Waals surface area contributed by atoms with Crippen LogP contribution >= 0.6 is 11.6 Å². The summed E-state index contributed by atoms with van der Waals surface area (Å²) in [5.74, 6) is 2.11. The fourth-order valence-electron chi connectivity index (χ4n) is 3.22. The molecule has 0 spiro atoms. The van der Waals surface area contributed by atoms with Crippen LogP contribution in [0.15, 0.2) is 40.8 Å². The van der Waals surface area contributed by atoms with Gasteiger partial charge in [-0.05, 0) is 64.0 Å².